The van der Waals surface area contributed by atoms with Crippen LogP contribution < -0.4 is 24.3 Å². The fraction of sp³-hybridized carbons (Fsp3) is 0.286. The molecule has 10 heteroatoms. The molecule has 2 N–H and O–H groups in total. The Balaban J connectivity index is 1.57. The Bertz CT molecular complexity index is 1620. The lowest BCUT2D eigenvalue weighted by atomic mass is 9.99. The van der Waals surface area contributed by atoms with E-state index in [2.05, 4.69) is 5.32 Å². The van der Waals surface area contributed by atoms with Crippen LogP contribution in [-0.4, -0.2) is 67.4 Å². The van der Waals surface area contributed by atoms with Gasteiger partial charge in [-0.05, 0) is 46.5 Å². The van der Waals surface area contributed by atoms with Gasteiger partial charge in [0, 0.05) is 13.0 Å². The second-order valence-electron chi connectivity index (χ2n) is 10.8. The maximum absolute atomic E-state index is 13.7. The van der Waals surface area contributed by atoms with Crippen molar-refractivity contribution in [3.63, 3.8) is 0 Å². The molecule has 236 valence electrons. The number of nitrogens with one attached hydrogen (secondary N) is 1. The van der Waals surface area contributed by atoms with Crippen LogP contribution in [-0.2, 0) is 16.0 Å². The first-order valence-corrected chi connectivity index (χ1v) is 14.6. The molecule has 0 bridgehead atoms. The zero-order chi connectivity index (χ0) is 32.3. The van der Waals surface area contributed by atoms with Crippen LogP contribution in [0.2, 0.25) is 0 Å². The van der Waals surface area contributed by atoms with Crippen molar-refractivity contribution in [3.8, 4) is 23.0 Å². The van der Waals surface area contributed by atoms with E-state index in [1.54, 1.807) is 42.5 Å². The van der Waals surface area contributed by atoms with Crippen LogP contribution in [0.3, 0.4) is 0 Å². The number of ether oxygens (including phenoxy) is 4. The smallest absolute Gasteiger partial charge is 0.342 e. The van der Waals surface area contributed by atoms with Crippen LogP contribution in [0.4, 0.5) is 4.79 Å². The van der Waals surface area contributed by atoms with Gasteiger partial charge in [0.15, 0.2) is 29.1 Å². The summed E-state index contributed by atoms with van der Waals surface area (Å²) in [5.41, 5.74) is 0.825. The van der Waals surface area contributed by atoms with Crippen molar-refractivity contribution in [1.29, 1.82) is 0 Å². The summed E-state index contributed by atoms with van der Waals surface area (Å²) in [6, 6.07) is 25.0. The summed E-state index contributed by atoms with van der Waals surface area (Å²) >= 11 is 0. The molecule has 45 heavy (non-hydrogen) atoms. The van der Waals surface area contributed by atoms with E-state index < -0.39 is 30.1 Å². The van der Waals surface area contributed by atoms with E-state index in [-0.39, 0.29) is 36.9 Å². The molecule has 0 aliphatic heterocycles. The first-order valence-electron chi connectivity index (χ1n) is 14.6. The summed E-state index contributed by atoms with van der Waals surface area (Å²) in [5, 5.41) is 15.5. The first-order chi connectivity index (χ1) is 21.7. The highest BCUT2D eigenvalue weighted by Gasteiger charge is 2.30. The Hall–Kier alpha value is -5.09. The highest BCUT2D eigenvalue weighted by molar-refractivity contribution is 5.89. The molecule has 10 nitrogen and oxygen atoms in total. The number of aliphatic hydroxyl groups excluding tert-OH is 1. The topological polar surface area (TPSA) is 124 Å². The number of para-hydroxylation sites is 4. The third-order valence-electron chi connectivity index (χ3n) is 6.98. The predicted octanol–water partition coefficient (Wildman–Crippen LogP) is 5.01. The van der Waals surface area contributed by atoms with Crippen LogP contribution in [0, 0.1) is 5.92 Å². The number of hydrogen-bond acceptors (Lipinski definition) is 8. The maximum Gasteiger partial charge on any atom is 0.342 e. The second kappa shape index (κ2) is 15.6. The lowest BCUT2D eigenvalue weighted by Gasteiger charge is -2.28. The van der Waals surface area contributed by atoms with E-state index >= 15 is 0 Å². The van der Waals surface area contributed by atoms with Crippen molar-refractivity contribution in [2.24, 2.45) is 5.92 Å². The lowest BCUT2D eigenvalue weighted by Crippen LogP contribution is -2.53. The standard InChI is InChI=1S/C35H38N2O8/c1-23(2)21-37(22-28(38)34(40)45-32-19-10-8-17-30(32)43-4)35(41)36-27(33(39)44-31-18-9-7-16-29(31)42-3)20-25-14-11-13-24-12-5-6-15-26(24)25/h5-19,23,27-28,38H,20-22H2,1-4H3,(H,36,41)/t27-,28?/m0/s1. The Morgan fingerprint density at radius 1 is 0.711 bits per heavy atom. The number of carbonyl (C=O) groups excluding carboxylic acids is 3. The molecule has 0 saturated carbocycles. The zero-order valence-electron chi connectivity index (χ0n) is 25.8. The van der Waals surface area contributed by atoms with Gasteiger partial charge in [0.1, 0.15) is 6.04 Å². The minimum atomic E-state index is -1.67. The summed E-state index contributed by atoms with van der Waals surface area (Å²) in [6.07, 6.45) is -1.55. The molecule has 4 rings (SSSR count). The molecule has 0 radical (unpaired) electrons. The van der Waals surface area contributed by atoms with E-state index in [0.29, 0.717) is 11.5 Å². The molecule has 0 fully saturated rings. The number of rotatable bonds is 13. The Kier molecular flexibility index (Phi) is 11.4. The summed E-state index contributed by atoms with van der Waals surface area (Å²) in [5.74, 6) is -0.664. The number of nitrogens with zero attached hydrogens (tertiary/aromatic N) is 1. The third kappa shape index (κ3) is 8.73. The second-order valence-corrected chi connectivity index (χ2v) is 10.8. The van der Waals surface area contributed by atoms with Gasteiger partial charge in [0.05, 0.1) is 20.8 Å². The van der Waals surface area contributed by atoms with Crippen LogP contribution in [0.15, 0.2) is 91.0 Å². The lowest BCUT2D eigenvalue weighted by molar-refractivity contribution is -0.144. The van der Waals surface area contributed by atoms with E-state index in [0.717, 1.165) is 16.3 Å². The van der Waals surface area contributed by atoms with Crippen LogP contribution >= 0.6 is 0 Å². The normalized spacial score (nSPS) is 12.2. The number of esters is 2. The highest BCUT2D eigenvalue weighted by atomic mass is 16.6. The third-order valence-corrected chi connectivity index (χ3v) is 6.98. The van der Waals surface area contributed by atoms with Gasteiger partial charge in [-0.25, -0.2) is 14.4 Å². The fourth-order valence-corrected chi connectivity index (χ4v) is 4.85. The van der Waals surface area contributed by atoms with E-state index in [1.165, 1.54) is 25.2 Å². The quantitative estimate of drug-likeness (QED) is 0.159. The summed E-state index contributed by atoms with van der Waals surface area (Å²) in [6.45, 7) is 3.60. The number of urea groups is 1. The van der Waals surface area contributed by atoms with Gasteiger partial charge in [-0.1, -0.05) is 80.6 Å². The van der Waals surface area contributed by atoms with Gasteiger partial charge in [0.25, 0.3) is 0 Å². The molecule has 0 aliphatic rings. The van der Waals surface area contributed by atoms with Crippen molar-refractivity contribution in [2.45, 2.75) is 32.4 Å². The SMILES string of the molecule is COc1ccccc1OC(=O)C(O)CN(CC(C)C)C(=O)N[C@@H](Cc1cccc2ccccc12)C(=O)Oc1ccccc1OC. The van der Waals surface area contributed by atoms with Crippen LogP contribution in [0.1, 0.15) is 19.4 Å². The predicted molar refractivity (Wildman–Crippen MR) is 170 cm³/mol. The summed E-state index contributed by atoms with van der Waals surface area (Å²) < 4.78 is 21.6. The van der Waals surface area contributed by atoms with Gasteiger partial charge >= 0.3 is 18.0 Å². The molecule has 0 aromatic heterocycles. The molecule has 2 atom stereocenters. The van der Waals surface area contributed by atoms with Gasteiger partial charge in [-0.3, -0.25) is 0 Å². The van der Waals surface area contributed by atoms with Crippen molar-refractivity contribution in [1.82, 2.24) is 10.2 Å². The molecule has 0 aliphatic carbocycles. The van der Waals surface area contributed by atoms with Crippen molar-refractivity contribution < 1.29 is 38.4 Å². The first kappa shape index (κ1) is 32.8. The van der Waals surface area contributed by atoms with Crippen LogP contribution in [0.25, 0.3) is 10.8 Å². The number of aliphatic hydroxyl groups is 1. The van der Waals surface area contributed by atoms with Crippen LogP contribution in [0.5, 0.6) is 23.0 Å². The molecule has 0 spiro atoms. The number of hydrogen-bond donors (Lipinski definition) is 2. The minimum absolute atomic E-state index is 0.0229. The van der Waals surface area contributed by atoms with Crippen molar-refractivity contribution >= 4 is 28.7 Å². The van der Waals surface area contributed by atoms with E-state index in [4.69, 9.17) is 18.9 Å². The summed E-state index contributed by atoms with van der Waals surface area (Å²) in [7, 11) is 2.90. The highest BCUT2D eigenvalue weighted by Crippen LogP contribution is 2.28. The number of fused-ring (bicyclic) bond motifs is 1. The Labute approximate surface area is 262 Å². The number of amides is 2. The molecular weight excluding hydrogens is 576 g/mol. The number of carbonyl (C=O) groups is 3. The van der Waals surface area contributed by atoms with Gasteiger partial charge in [-0.2, -0.15) is 0 Å². The molecule has 2 amide bonds. The van der Waals surface area contributed by atoms with Crippen molar-refractivity contribution in [2.75, 3.05) is 27.3 Å². The van der Waals surface area contributed by atoms with E-state index in [1.807, 2.05) is 56.3 Å². The number of methoxy groups -OCH3 is 2. The summed E-state index contributed by atoms with van der Waals surface area (Å²) in [4.78, 5) is 41.5. The monoisotopic (exact) mass is 614 g/mol. The van der Waals surface area contributed by atoms with Gasteiger partial charge in [0.2, 0.25) is 0 Å². The average molecular weight is 615 g/mol. The van der Waals surface area contributed by atoms with Crippen molar-refractivity contribution in [3.05, 3.63) is 96.6 Å². The Morgan fingerprint density at radius 2 is 1.24 bits per heavy atom. The molecule has 0 heterocycles. The molecule has 4 aromatic carbocycles. The molecular formula is C35H38N2O8. The van der Waals surface area contributed by atoms with Gasteiger partial charge in [-0.15, -0.1) is 0 Å². The molecule has 4 aromatic rings. The zero-order valence-corrected chi connectivity index (χ0v) is 25.8. The van der Waals surface area contributed by atoms with E-state index in [9.17, 15) is 19.5 Å². The average Bonchev–Trinajstić information content (AvgIpc) is 3.04. The largest absolute Gasteiger partial charge is 0.493 e. The van der Waals surface area contributed by atoms with Gasteiger partial charge < -0.3 is 34.3 Å². The number of benzene rings is 4. The molecule has 0 saturated heterocycles. The minimum Gasteiger partial charge on any atom is -0.493 e. The fourth-order valence-electron chi connectivity index (χ4n) is 4.85. The maximum atomic E-state index is 13.7. The molecule has 1 unspecified atom stereocenters. The Morgan fingerprint density at radius 3 is 1.84 bits per heavy atom.